The summed E-state index contributed by atoms with van der Waals surface area (Å²) in [6.45, 7) is 0.956. The lowest BCUT2D eigenvalue weighted by Crippen LogP contribution is -2.15. The molecule has 64 valence electrons. The zero-order valence-corrected chi connectivity index (χ0v) is 7.16. The molecule has 13 heavy (non-hydrogen) atoms. The normalized spacial score (nSPS) is 18.6. The quantitative estimate of drug-likeness (QED) is 0.594. The van der Waals surface area contributed by atoms with Gasteiger partial charge in [0.15, 0.2) is 0 Å². The smallest absolute Gasteiger partial charge is 0.211 e. The molecular weight excluding hydrogens is 162 g/mol. The highest BCUT2D eigenvalue weighted by Crippen LogP contribution is 2.36. The Kier molecular flexibility index (Phi) is 1.18. The zero-order valence-electron chi connectivity index (χ0n) is 7.16. The van der Waals surface area contributed by atoms with E-state index in [1.54, 1.807) is 0 Å². The van der Waals surface area contributed by atoms with Crippen LogP contribution in [0.4, 0.5) is 5.69 Å². The first-order valence-corrected chi connectivity index (χ1v) is 4.49. The van der Waals surface area contributed by atoms with Gasteiger partial charge in [-0.2, -0.15) is 0 Å². The molecule has 2 heterocycles. The molecule has 2 aliphatic heterocycles. The van der Waals surface area contributed by atoms with Crippen LogP contribution in [-0.4, -0.2) is 12.3 Å². The highest BCUT2D eigenvalue weighted by molar-refractivity contribution is 6.19. The molecule has 2 aliphatic rings. The van der Waals surface area contributed by atoms with Gasteiger partial charge < -0.3 is 4.90 Å². The number of ketones is 1. The van der Waals surface area contributed by atoms with Gasteiger partial charge in [0.05, 0.1) is 11.4 Å². The monoisotopic (exact) mass is 171 g/mol. The third-order valence-corrected chi connectivity index (χ3v) is 2.65. The van der Waals surface area contributed by atoms with Crippen molar-refractivity contribution in [3.05, 3.63) is 41.6 Å². The fourth-order valence-electron chi connectivity index (χ4n) is 2.07. The van der Waals surface area contributed by atoms with E-state index in [-0.39, 0.29) is 5.78 Å². The minimum atomic E-state index is 0.188. The molecule has 0 N–H and O–H groups in total. The summed E-state index contributed by atoms with van der Waals surface area (Å²) in [7, 11) is 0. The minimum Gasteiger partial charge on any atom is -0.338 e. The number of hydrogen-bond acceptors (Lipinski definition) is 2. The maximum absolute atomic E-state index is 11.8. The number of allylic oxidation sites excluding steroid dienone is 1. The van der Waals surface area contributed by atoms with E-state index < -0.39 is 0 Å². The maximum atomic E-state index is 11.8. The summed E-state index contributed by atoms with van der Waals surface area (Å²) in [5, 5.41) is 0. The molecule has 0 aromatic heterocycles. The van der Waals surface area contributed by atoms with E-state index in [0.717, 1.165) is 29.9 Å². The molecule has 0 fully saturated rings. The van der Waals surface area contributed by atoms with E-state index in [1.807, 2.05) is 30.3 Å². The van der Waals surface area contributed by atoms with Crippen LogP contribution in [0.2, 0.25) is 0 Å². The van der Waals surface area contributed by atoms with Crippen LogP contribution in [0.5, 0.6) is 0 Å². The molecule has 2 heteroatoms. The fraction of sp³-hybridized carbons (Fsp3) is 0.182. The number of carbonyl (C=O) groups excluding carboxylic acids is 1. The Morgan fingerprint density at radius 1 is 1.23 bits per heavy atom. The summed E-state index contributed by atoms with van der Waals surface area (Å²) in [5.74, 6) is 0.188. The second-order valence-electron chi connectivity index (χ2n) is 3.38. The van der Waals surface area contributed by atoms with Crippen molar-refractivity contribution in [2.24, 2.45) is 0 Å². The average molecular weight is 171 g/mol. The minimum absolute atomic E-state index is 0.188. The third-order valence-electron chi connectivity index (χ3n) is 2.65. The van der Waals surface area contributed by atoms with Gasteiger partial charge in [-0.1, -0.05) is 18.2 Å². The van der Waals surface area contributed by atoms with Gasteiger partial charge >= 0.3 is 0 Å². The topological polar surface area (TPSA) is 20.3 Å². The SMILES string of the molecule is O=C1C2=CCCN2c2ccccc21. The highest BCUT2D eigenvalue weighted by Gasteiger charge is 2.33. The van der Waals surface area contributed by atoms with Crippen LogP contribution in [0.1, 0.15) is 16.8 Å². The Balaban J connectivity index is 2.27. The maximum Gasteiger partial charge on any atom is 0.211 e. The first-order valence-electron chi connectivity index (χ1n) is 4.49. The van der Waals surface area contributed by atoms with Crippen molar-refractivity contribution in [1.82, 2.24) is 0 Å². The second kappa shape index (κ2) is 2.22. The summed E-state index contributed by atoms with van der Waals surface area (Å²) in [4.78, 5) is 13.9. The number of carbonyl (C=O) groups is 1. The van der Waals surface area contributed by atoms with Gasteiger partial charge in [0.25, 0.3) is 0 Å². The van der Waals surface area contributed by atoms with Crippen molar-refractivity contribution in [3.63, 3.8) is 0 Å². The molecular formula is C11H9NO. The van der Waals surface area contributed by atoms with Crippen molar-refractivity contribution in [2.75, 3.05) is 11.4 Å². The number of para-hydroxylation sites is 1. The number of hydrogen-bond donors (Lipinski definition) is 0. The number of anilines is 1. The lowest BCUT2D eigenvalue weighted by atomic mass is 10.1. The largest absolute Gasteiger partial charge is 0.338 e. The lowest BCUT2D eigenvalue weighted by Gasteiger charge is -2.13. The van der Waals surface area contributed by atoms with Crippen LogP contribution in [0.25, 0.3) is 0 Å². The van der Waals surface area contributed by atoms with Crippen LogP contribution < -0.4 is 4.90 Å². The predicted molar refractivity (Wildman–Crippen MR) is 50.8 cm³/mol. The molecule has 0 spiro atoms. The van der Waals surface area contributed by atoms with E-state index in [4.69, 9.17) is 0 Å². The Morgan fingerprint density at radius 2 is 2.08 bits per heavy atom. The van der Waals surface area contributed by atoms with Crippen molar-refractivity contribution in [2.45, 2.75) is 6.42 Å². The van der Waals surface area contributed by atoms with Gasteiger partial charge in [-0.05, 0) is 18.6 Å². The van der Waals surface area contributed by atoms with Crippen molar-refractivity contribution >= 4 is 11.5 Å². The first kappa shape index (κ1) is 6.89. The van der Waals surface area contributed by atoms with Gasteiger partial charge in [-0.25, -0.2) is 0 Å². The first-order chi connectivity index (χ1) is 6.38. The van der Waals surface area contributed by atoms with Gasteiger partial charge in [0.2, 0.25) is 5.78 Å². The molecule has 0 saturated carbocycles. The number of fused-ring (bicyclic) bond motifs is 3. The summed E-state index contributed by atoms with van der Waals surface area (Å²) >= 11 is 0. The summed E-state index contributed by atoms with van der Waals surface area (Å²) < 4.78 is 0. The third kappa shape index (κ3) is 0.750. The molecule has 3 rings (SSSR count). The Bertz CT molecular complexity index is 420. The molecule has 0 atom stereocenters. The Hall–Kier alpha value is -1.57. The highest BCUT2D eigenvalue weighted by atomic mass is 16.1. The Labute approximate surface area is 76.5 Å². The average Bonchev–Trinajstić information content (AvgIpc) is 2.72. The molecule has 1 aromatic carbocycles. The van der Waals surface area contributed by atoms with Crippen molar-refractivity contribution < 1.29 is 4.79 Å². The van der Waals surface area contributed by atoms with Crippen LogP contribution >= 0.6 is 0 Å². The Morgan fingerprint density at radius 3 is 3.00 bits per heavy atom. The van der Waals surface area contributed by atoms with E-state index >= 15 is 0 Å². The van der Waals surface area contributed by atoms with Gasteiger partial charge in [-0.3, -0.25) is 4.79 Å². The van der Waals surface area contributed by atoms with E-state index in [0.29, 0.717) is 0 Å². The molecule has 0 amide bonds. The molecule has 0 saturated heterocycles. The fourth-order valence-corrected chi connectivity index (χ4v) is 2.07. The van der Waals surface area contributed by atoms with Crippen LogP contribution in [0.15, 0.2) is 36.0 Å². The number of benzene rings is 1. The summed E-state index contributed by atoms with van der Waals surface area (Å²) in [6, 6.07) is 7.81. The van der Waals surface area contributed by atoms with Crippen molar-refractivity contribution in [3.8, 4) is 0 Å². The van der Waals surface area contributed by atoms with Crippen LogP contribution in [0, 0.1) is 0 Å². The summed E-state index contributed by atoms with van der Waals surface area (Å²) in [5.41, 5.74) is 2.81. The second-order valence-corrected chi connectivity index (χ2v) is 3.38. The molecule has 0 unspecified atom stereocenters. The number of nitrogens with zero attached hydrogens (tertiary/aromatic N) is 1. The molecule has 0 radical (unpaired) electrons. The number of Topliss-reactive ketones (excluding diaryl/α,β-unsaturated/α-hetero) is 1. The van der Waals surface area contributed by atoms with Gasteiger partial charge in [0.1, 0.15) is 0 Å². The van der Waals surface area contributed by atoms with Gasteiger partial charge in [-0.15, -0.1) is 0 Å². The zero-order chi connectivity index (χ0) is 8.84. The molecule has 1 aromatic rings. The molecule has 0 bridgehead atoms. The van der Waals surface area contributed by atoms with E-state index in [1.165, 1.54) is 0 Å². The molecule has 0 aliphatic carbocycles. The van der Waals surface area contributed by atoms with Crippen LogP contribution in [-0.2, 0) is 0 Å². The molecule has 2 nitrogen and oxygen atoms in total. The standard InChI is InChI=1S/C11H9NO/c13-11-8-4-1-2-5-9(8)12-7-3-6-10(11)12/h1-2,4-6H,3,7H2. The number of rotatable bonds is 0. The van der Waals surface area contributed by atoms with E-state index in [2.05, 4.69) is 4.90 Å². The predicted octanol–water partition coefficient (Wildman–Crippen LogP) is 1.98. The van der Waals surface area contributed by atoms with Crippen molar-refractivity contribution in [1.29, 1.82) is 0 Å². The van der Waals surface area contributed by atoms with Gasteiger partial charge in [0, 0.05) is 12.1 Å². The van der Waals surface area contributed by atoms with Crippen LogP contribution in [0.3, 0.4) is 0 Å². The summed E-state index contributed by atoms with van der Waals surface area (Å²) in [6.07, 6.45) is 3.03. The lowest BCUT2D eigenvalue weighted by molar-refractivity contribution is 0.104. The van der Waals surface area contributed by atoms with E-state index in [9.17, 15) is 4.79 Å².